The highest BCUT2D eigenvalue weighted by molar-refractivity contribution is 5.70. The molecule has 4 atom stereocenters. The number of aliphatic hydroxyl groups is 1. The Kier molecular flexibility index (Phi) is 3.56. The second kappa shape index (κ2) is 4.70. The van der Waals surface area contributed by atoms with Crippen molar-refractivity contribution in [1.29, 1.82) is 0 Å². The molecule has 1 aliphatic heterocycles. The fourth-order valence-corrected chi connectivity index (χ4v) is 3.28. The maximum atomic E-state index is 12.3. The Labute approximate surface area is 108 Å². The summed E-state index contributed by atoms with van der Waals surface area (Å²) in [6, 6.07) is -0.280. The van der Waals surface area contributed by atoms with Crippen LogP contribution in [0.15, 0.2) is 0 Å². The molecule has 2 rings (SSSR count). The third-order valence-electron chi connectivity index (χ3n) is 3.98. The van der Waals surface area contributed by atoms with Gasteiger partial charge < -0.3 is 15.6 Å². The first-order valence-electron chi connectivity index (χ1n) is 6.73. The van der Waals surface area contributed by atoms with Gasteiger partial charge in [-0.25, -0.2) is 4.79 Å². The zero-order chi connectivity index (χ0) is 13.5. The smallest absolute Gasteiger partial charge is 0.410 e. The number of nitrogens with zero attached hydrogens (tertiary/aromatic N) is 1. The lowest BCUT2D eigenvalue weighted by Crippen LogP contribution is -2.49. The first-order chi connectivity index (χ1) is 8.35. The van der Waals surface area contributed by atoms with E-state index in [4.69, 9.17) is 10.5 Å². The molecule has 0 radical (unpaired) electrons. The molecule has 1 amide bonds. The van der Waals surface area contributed by atoms with Gasteiger partial charge in [0.1, 0.15) is 5.60 Å². The fraction of sp³-hybridized carbons (Fsp3) is 0.923. The van der Waals surface area contributed by atoms with Crippen molar-refractivity contribution in [2.75, 3.05) is 6.61 Å². The average molecular weight is 256 g/mol. The normalized spacial score (nSPS) is 35.7. The largest absolute Gasteiger partial charge is 0.444 e. The molecular formula is C13H24N2O3. The van der Waals surface area contributed by atoms with Gasteiger partial charge in [0.05, 0.1) is 12.6 Å². The Bertz CT molecular complexity index is 325. The van der Waals surface area contributed by atoms with E-state index < -0.39 is 5.60 Å². The molecule has 2 fully saturated rings. The first kappa shape index (κ1) is 13.6. The van der Waals surface area contributed by atoms with Gasteiger partial charge >= 0.3 is 6.09 Å². The number of likely N-dealkylation sites (tertiary alicyclic amines) is 1. The SMILES string of the molecule is CC(C)(C)OC(=O)N1[C@H](CO)[C@@H](N)[C@H]2CCC[C@H]21. The lowest BCUT2D eigenvalue weighted by atomic mass is 9.97. The molecule has 0 aromatic heterocycles. The molecule has 5 heteroatoms. The van der Waals surface area contributed by atoms with E-state index in [-0.39, 0.29) is 30.8 Å². The van der Waals surface area contributed by atoms with Crippen LogP contribution < -0.4 is 5.73 Å². The molecule has 0 spiro atoms. The third kappa shape index (κ3) is 2.34. The Hall–Kier alpha value is -0.810. The van der Waals surface area contributed by atoms with Crippen molar-refractivity contribution in [2.45, 2.75) is 63.8 Å². The number of aliphatic hydroxyl groups excluding tert-OH is 1. The van der Waals surface area contributed by atoms with E-state index >= 15 is 0 Å². The molecule has 0 aromatic rings. The highest BCUT2D eigenvalue weighted by Gasteiger charge is 2.51. The number of fused-ring (bicyclic) bond motifs is 1. The summed E-state index contributed by atoms with van der Waals surface area (Å²) in [4.78, 5) is 13.9. The lowest BCUT2D eigenvalue weighted by molar-refractivity contribution is 0.00765. The molecule has 3 N–H and O–H groups in total. The highest BCUT2D eigenvalue weighted by atomic mass is 16.6. The molecule has 1 heterocycles. The number of carbonyl (C=O) groups excluding carboxylic acids is 1. The fourth-order valence-electron chi connectivity index (χ4n) is 3.28. The number of ether oxygens (including phenoxy) is 1. The summed E-state index contributed by atoms with van der Waals surface area (Å²) in [7, 11) is 0. The number of amides is 1. The van der Waals surface area contributed by atoms with E-state index in [2.05, 4.69) is 0 Å². The minimum absolute atomic E-state index is 0.0899. The van der Waals surface area contributed by atoms with Gasteiger partial charge in [-0.3, -0.25) is 4.90 Å². The molecule has 0 aromatic carbocycles. The lowest BCUT2D eigenvalue weighted by Gasteiger charge is -2.31. The maximum absolute atomic E-state index is 12.3. The van der Waals surface area contributed by atoms with Gasteiger partial charge in [0, 0.05) is 12.1 Å². The van der Waals surface area contributed by atoms with Crippen molar-refractivity contribution in [3.63, 3.8) is 0 Å². The molecule has 1 aliphatic carbocycles. The molecule has 0 unspecified atom stereocenters. The van der Waals surface area contributed by atoms with Gasteiger partial charge in [-0.05, 0) is 39.5 Å². The Morgan fingerprint density at radius 2 is 2.11 bits per heavy atom. The predicted molar refractivity (Wildman–Crippen MR) is 68.1 cm³/mol. The van der Waals surface area contributed by atoms with Gasteiger partial charge in [-0.15, -0.1) is 0 Å². The zero-order valence-corrected chi connectivity index (χ0v) is 11.4. The number of hydrogen-bond acceptors (Lipinski definition) is 4. The van der Waals surface area contributed by atoms with Crippen molar-refractivity contribution in [2.24, 2.45) is 11.7 Å². The molecule has 2 aliphatic rings. The van der Waals surface area contributed by atoms with E-state index in [1.165, 1.54) is 0 Å². The second-order valence-electron chi connectivity index (χ2n) is 6.38. The van der Waals surface area contributed by atoms with E-state index in [1.54, 1.807) is 4.90 Å². The van der Waals surface area contributed by atoms with Crippen LogP contribution in [-0.2, 0) is 4.74 Å². The van der Waals surface area contributed by atoms with Crippen LogP contribution in [0.5, 0.6) is 0 Å². The van der Waals surface area contributed by atoms with E-state index in [0.29, 0.717) is 5.92 Å². The molecule has 0 bridgehead atoms. The highest BCUT2D eigenvalue weighted by Crippen LogP contribution is 2.41. The quantitative estimate of drug-likeness (QED) is 0.736. The Morgan fingerprint density at radius 1 is 1.44 bits per heavy atom. The summed E-state index contributed by atoms with van der Waals surface area (Å²) >= 11 is 0. The molecular weight excluding hydrogens is 232 g/mol. The Balaban J connectivity index is 2.16. The number of carbonyl (C=O) groups is 1. The summed E-state index contributed by atoms with van der Waals surface area (Å²) in [6.45, 7) is 5.45. The average Bonchev–Trinajstić information content (AvgIpc) is 2.77. The topological polar surface area (TPSA) is 75.8 Å². The van der Waals surface area contributed by atoms with Gasteiger partial charge in [-0.2, -0.15) is 0 Å². The first-order valence-corrected chi connectivity index (χ1v) is 6.73. The summed E-state index contributed by atoms with van der Waals surface area (Å²) in [5, 5.41) is 9.48. The van der Waals surface area contributed by atoms with Crippen molar-refractivity contribution < 1.29 is 14.6 Å². The zero-order valence-electron chi connectivity index (χ0n) is 11.4. The van der Waals surface area contributed by atoms with E-state index in [0.717, 1.165) is 19.3 Å². The van der Waals surface area contributed by atoms with E-state index in [9.17, 15) is 9.90 Å². The molecule has 1 saturated carbocycles. The van der Waals surface area contributed by atoms with Crippen LogP contribution >= 0.6 is 0 Å². The maximum Gasteiger partial charge on any atom is 0.410 e. The van der Waals surface area contributed by atoms with Gasteiger partial charge in [-0.1, -0.05) is 6.42 Å². The summed E-state index contributed by atoms with van der Waals surface area (Å²) in [5.41, 5.74) is 5.64. The van der Waals surface area contributed by atoms with Crippen LogP contribution in [0.3, 0.4) is 0 Å². The third-order valence-corrected chi connectivity index (χ3v) is 3.98. The van der Waals surface area contributed by atoms with Crippen molar-refractivity contribution in [3.8, 4) is 0 Å². The molecule has 1 saturated heterocycles. The molecule has 18 heavy (non-hydrogen) atoms. The van der Waals surface area contributed by atoms with Crippen LogP contribution in [0.4, 0.5) is 4.79 Å². The monoisotopic (exact) mass is 256 g/mol. The number of nitrogens with two attached hydrogens (primary N) is 1. The minimum atomic E-state index is -0.516. The minimum Gasteiger partial charge on any atom is -0.444 e. The van der Waals surface area contributed by atoms with Crippen molar-refractivity contribution in [1.82, 2.24) is 4.90 Å². The second-order valence-corrected chi connectivity index (χ2v) is 6.38. The standard InChI is InChI=1S/C13H24N2O3/c1-13(2,3)18-12(17)15-9-6-4-5-8(9)11(14)10(15)7-16/h8-11,16H,4-7,14H2,1-3H3/t8-,9+,10+,11-/m0/s1. The summed E-state index contributed by atoms with van der Waals surface area (Å²) in [6.07, 6.45) is 2.77. The van der Waals surface area contributed by atoms with Crippen molar-refractivity contribution in [3.05, 3.63) is 0 Å². The van der Waals surface area contributed by atoms with Gasteiger partial charge in [0.2, 0.25) is 0 Å². The van der Waals surface area contributed by atoms with Crippen LogP contribution in [-0.4, -0.2) is 46.4 Å². The van der Waals surface area contributed by atoms with Crippen molar-refractivity contribution >= 4 is 6.09 Å². The molecule has 5 nitrogen and oxygen atoms in total. The van der Waals surface area contributed by atoms with Crippen LogP contribution in [0, 0.1) is 5.92 Å². The molecule has 104 valence electrons. The van der Waals surface area contributed by atoms with Gasteiger partial charge in [0.15, 0.2) is 0 Å². The summed E-state index contributed by atoms with van der Waals surface area (Å²) < 4.78 is 5.43. The van der Waals surface area contributed by atoms with Crippen LogP contribution in [0.1, 0.15) is 40.0 Å². The Morgan fingerprint density at radius 3 is 2.67 bits per heavy atom. The number of hydrogen-bond donors (Lipinski definition) is 2. The predicted octanol–water partition coefficient (Wildman–Crippen LogP) is 1.09. The van der Waals surface area contributed by atoms with Crippen LogP contribution in [0.25, 0.3) is 0 Å². The van der Waals surface area contributed by atoms with E-state index in [1.807, 2.05) is 20.8 Å². The number of rotatable bonds is 1. The van der Waals surface area contributed by atoms with Gasteiger partial charge in [0.25, 0.3) is 0 Å². The van der Waals surface area contributed by atoms with Crippen LogP contribution in [0.2, 0.25) is 0 Å². The summed E-state index contributed by atoms with van der Waals surface area (Å²) in [5.74, 6) is 0.315.